The predicted molar refractivity (Wildman–Crippen MR) is 49.4 cm³/mol. The molecule has 6 heteroatoms. The second-order valence-corrected chi connectivity index (χ2v) is 4.08. The fourth-order valence-electron chi connectivity index (χ4n) is 1.20. The number of hydrogen-bond donors (Lipinski definition) is 1. The van der Waals surface area contributed by atoms with Crippen LogP contribution in [-0.4, -0.2) is 22.9 Å². The van der Waals surface area contributed by atoms with Crippen molar-refractivity contribution in [3.05, 3.63) is 30.7 Å². The summed E-state index contributed by atoms with van der Waals surface area (Å²) in [6, 6.07) is 4.46. The van der Waals surface area contributed by atoms with Crippen LogP contribution in [0, 0.1) is 0 Å². The fraction of sp³-hybridized carbons (Fsp3) is 0. The molecule has 1 aromatic heterocycles. The third kappa shape index (κ3) is 1.45. The molecule has 2 aromatic rings. The molecule has 1 aromatic carbocycles. The minimum absolute atomic E-state index is 0.171. The average molecular weight is 210 g/mol. The molecule has 72 valence electrons. The lowest BCUT2D eigenvalue weighted by atomic mass is 10.2. The maximum absolute atomic E-state index is 10.9. The van der Waals surface area contributed by atoms with Gasteiger partial charge in [-0.1, -0.05) is 6.07 Å². The smallest absolute Gasteiger partial charge is 0.282 e. The van der Waals surface area contributed by atoms with E-state index < -0.39 is 10.1 Å². The summed E-state index contributed by atoms with van der Waals surface area (Å²) < 4.78 is 30.8. The van der Waals surface area contributed by atoms with Crippen molar-refractivity contribution in [2.45, 2.75) is 4.90 Å². The van der Waals surface area contributed by atoms with Crippen LogP contribution in [-0.2, 0) is 10.1 Å². The molecule has 0 bridgehead atoms. The first-order chi connectivity index (χ1) is 6.59. The largest absolute Gasteiger partial charge is 0.295 e. The van der Waals surface area contributed by atoms with E-state index in [1.807, 2.05) is 0 Å². The van der Waals surface area contributed by atoms with E-state index in [1.165, 1.54) is 24.7 Å². The van der Waals surface area contributed by atoms with Gasteiger partial charge in [-0.2, -0.15) is 8.42 Å². The molecular weight excluding hydrogens is 204 g/mol. The number of aromatic nitrogens is 2. The maximum atomic E-state index is 10.9. The van der Waals surface area contributed by atoms with Gasteiger partial charge >= 0.3 is 0 Å². The van der Waals surface area contributed by atoms with E-state index in [1.54, 1.807) is 6.07 Å². The van der Waals surface area contributed by atoms with Gasteiger partial charge in [-0.15, -0.1) is 0 Å². The molecule has 0 amide bonds. The highest BCUT2D eigenvalue weighted by molar-refractivity contribution is 7.86. The van der Waals surface area contributed by atoms with E-state index >= 15 is 0 Å². The van der Waals surface area contributed by atoms with Crippen molar-refractivity contribution in [3.8, 4) is 0 Å². The zero-order chi connectivity index (χ0) is 10.2. The Morgan fingerprint density at radius 2 is 2.07 bits per heavy atom. The fourth-order valence-corrected chi connectivity index (χ4v) is 1.89. The van der Waals surface area contributed by atoms with E-state index in [4.69, 9.17) is 4.55 Å². The molecular formula is C8H6N2O3S. The van der Waals surface area contributed by atoms with Crippen LogP contribution in [0.5, 0.6) is 0 Å². The highest BCUT2D eigenvalue weighted by Crippen LogP contribution is 2.19. The number of nitrogens with zero attached hydrogens (tertiary/aromatic N) is 2. The number of rotatable bonds is 1. The Morgan fingerprint density at radius 3 is 2.79 bits per heavy atom. The summed E-state index contributed by atoms with van der Waals surface area (Å²) in [5.74, 6) is 0. The second-order valence-electron chi connectivity index (χ2n) is 2.69. The normalized spacial score (nSPS) is 11.8. The minimum Gasteiger partial charge on any atom is -0.282 e. The first-order valence-electron chi connectivity index (χ1n) is 3.75. The van der Waals surface area contributed by atoms with E-state index in [-0.39, 0.29) is 4.90 Å². The van der Waals surface area contributed by atoms with Crippen molar-refractivity contribution in [3.63, 3.8) is 0 Å². The van der Waals surface area contributed by atoms with Crippen LogP contribution in [0.25, 0.3) is 10.9 Å². The van der Waals surface area contributed by atoms with Crippen LogP contribution in [0.3, 0.4) is 0 Å². The van der Waals surface area contributed by atoms with Gasteiger partial charge in [0.25, 0.3) is 10.1 Å². The molecule has 5 nitrogen and oxygen atoms in total. The van der Waals surface area contributed by atoms with Gasteiger partial charge in [0.05, 0.1) is 5.52 Å². The van der Waals surface area contributed by atoms with Crippen molar-refractivity contribution < 1.29 is 13.0 Å². The maximum Gasteiger partial charge on any atom is 0.295 e. The van der Waals surface area contributed by atoms with Gasteiger partial charge in [-0.05, 0) is 12.1 Å². The van der Waals surface area contributed by atoms with Crippen molar-refractivity contribution in [2.24, 2.45) is 0 Å². The third-order valence-corrected chi connectivity index (χ3v) is 2.70. The van der Waals surface area contributed by atoms with Gasteiger partial charge < -0.3 is 0 Å². The molecule has 0 aliphatic rings. The lowest BCUT2D eigenvalue weighted by molar-refractivity contribution is 0.484. The van der Waals surface area contributed by atoms with Crippen LogP contribution in [0.1, 0.15) is 0 Å². The van der Waals surface area contributed by atoms with E-state index in [9.17, 15) is 8.42 Å². The summed E-state index contributed by atoms with van der Waals surface area (Å²) in [7, 11) is -4.21. The van der Waals surface area contributed by atoms with Crippen LogP contribution in [0.2, 0.25) is 0 Å². The van der Waals surface area contributed by atoms with Crippen molar-refractivity contribution >= 4 is 21.0 Å². The molecule has 0 unspecified atom stereocenters. The van der Waals surface area contributed by atoms with Gasteiger partial charge in [0.15, 0.2) is 0 Å². The van der Waals surface area contributed by atoms with Gasteiger partial charge in [0.1, 0.15) is 11.2 Å². The molecule has 0 fully saturated rings. The van der Waals surface area contributed by atoms with Gasteiger partial charge in [0.2, 0.25) is 0 Å². The lowest BCUT2D eigenvalue weighted by Crippen LogP contribution is -1.99. The lowest BCUT2D eigenvalue weighted by Gasteiger charge is -2.00. The van der Waals surface area contributed by atoms with Crippen LogP contribution in [0.4, 0.5) is 0 Å². The van der Waals surface area contributed by atoms with Crippen molar-refractivity contribution in [1.29, 1.82) is 0 Å². The third-order valence-electron chi connectivity index (χ3n) is 1.79. The first kappa shape index (κ1) is 9.04. The summed E-state index contributed by atoms with van der Waals surface area (Å²) in [5.41, 5.74) is 0.482. The highest BCUT2D eigenvalue weighted by atomic mass is 32.2. The quantitative estimate of drug-likeness (QED) is 0.706. The highest BCUT2D eigenvalue weighted by Gasteiger charge is 2.13. The summed E-state index contributed by atoms with van der Waals surface area (Å²) >= 11 is 0. The zero-order valence-corrected chi connectivity index (χ0v) is 7.77. The number of benzene rings is 1. The number of fused-ring (bicyclic) bond motifs is 1. The summed E-state index contributed by atoms with van der Waals surface area (Å²) in [6.07, 6.45) is 2.67. The van der Waals surface area contributed by atoms with Crippen molar-refractivity contribution in [1.82, 2.24) is 9.97 Å². The Morgan fingerprint density at radius 1 is 1.29 bits per heavy atom. The molecule has 0 atom stereocenters. The van der Waals surface area contributed by atoms with E-state index in [2.05, 4.69) is 9.97 Å². The van der Waals surface area contributed by atoms with Crippen LogP contribution in [0.15, 0.2) is 35.6 Å². The SMILES string of the molecule is O=S(=O)(O)c1cccc2ncncc12. The average Bonchev–Trinajstić information content (AvgIpc) is 2.15. The Labute approximate surface area is 80.2 Å². The zero-order valence-electron chi connectivity index (χ0n) is 6.95. The summed E-state index contributed by atoms with van der Waals surface area (Å²) in [6.45, 7) is 0. The van der Waals surface area contributed by atoms with Gasteiger partial charge in [0, 0.05) is 11.6 Å². The number of hydrogen-bond acceptors (Lipinski definition) is 4. The summed E-state index contributed by atoms with van der Waals surface area (Å²) in [4.78, 5) is 7.40. The Hall–Kier alpha value is -1.53. The van der Waals surface area contributed by atoms with E-state index in [0.29, 0.717) is 10.9 Å². The molecule has 1 heterocycles. The van der Waals surface area contributed by atoms with Crippen LogP contribution >= 0.6 is 0 Å². The Balaban J connectivity index is 2.92. The van der Waals surface area contributed by atoms with Crippen LogP contribution < -0.4 is 0 Å². The molecule has 0 saturated carbocycles. The topological polar surface area (TPSA) is 80.2 Å². The summed E-state index contributed by atoms with van der Waals surface area (Å²) in [5, 5.41) is 0.317. The monoisotopic (exact) mass is 210 g/mol. The minimum atomic E-state index is -4.21. The standard InChI is InChI=1S/C8H6N2O3S/c11-14(12,13)8-3-1-2-7-6(8)4-9-5-10-7/h1-5H,(H,11,12,13). The van der Waals surface area contributed by atoms with E-state index in [0.717, 1.165) is 0 Å². The molecule has 0 aliphatic heterocycles. The van der Waals surface area contributed by atoms with Gasteiger partial charge in [-0.25, -0.2) is 9.97 Å². The molecule has 0 saturated heterocycles. The Bertz CT molecular complexity index is 575. The van der Waals surface area contributed by atoms with Crippen molar-refractivity contribution in [2.75, 3.05) is 0 Å². The molecule has 2 rings (SSSR count). The predicted octanol–water partition coefficient (Wildman–Crippen LogP) is 0.877. The second kappa shape index (κ2) is 3.00. The molecule has 1 N–H and O–H groups in total. The Kier molecular flexibility index (Phi) is 1.94. The molecule has 0 radical (unpaired) electrons. The van der Waals surface area contributed by atoms with Gasteiger partial charge in [-0.3, -0.25) is 4.55 Å². The molecule has 14 heavy (non-hydrogen) atoms. The molecule has 0 aliphatic carbocycles. The first-order valence-corrected chi connectivity index (χ1v) is 5.19. The molecule has 0 spiro atoms.